The fourth-order valence-electron chi connectivity index (χ4n) is 2.94. The Morgan fingerprint density at radius 1 is 1.43 bits per heavy atom. The van der Waals surface area contributed by atoms with E-state index in [1.54, 1.807) is 36.9 Å². The number of carbonyl (C=O) groups is 2. The Morgan fingerprint density at radius 2 is 2.13 bits per heavy atom. The molecule has 6 nitrogen and oxygen atoms in total. The number of hydrogen-bond donors (Lipinski definition) is 1. The lowest BCUT2D eigenvalue weighted by molar-refractivity contribution is -0.117. The first-order valence-electron chi connectivity index (χ1n) is 7.64. The number of rotatable bonds is 2. The first-order chi connectivity index (χ1) is 10.8. The zero-order chi connectivity index (χ0) is 17.1. The number of nitrogens with one attached hydrogen (secondary N) is 1. The van der Waals surface area contributed by atoms with Crippen molar-refractivity contribution < 1.29 is 14.3 Å². The second-order valence-corrected chi connectivity index (χ2v) is 6.01. The summed E-state index contributed by atoms with van der Waals surface area (Å²) in [5.74, 6) is -0.0633. The number of ether oxygens (including phenoxy) is 1. The zero-order valence-corrected chi connectivity index (χ0v) is 13.8. The minimum Gasteiger partial charge on any atom is -0.447 e. The van der Waals surface area contributed by atoms with Gasteiger partial charge in [0.2, 0.25) is 5.91 Å². The zero-order valence-electron chi connectivity index (χ0n) is 13.8. The largest absolute Gasteiger partial charge is 0.447 e. The van der Waals surface area contributed by atoms with Gasteiger partial charge in [0.1, 0.15) is 0 Å². The highest BCUT2D eigenvalue weighted by Gasteiger charge is 2.33. The molecule has 0 radical (unpaired) electrons. The fraction of sp³-hybridized carbons (Fsp3) is 0.471. The number of nitriles is 1. The monoisotopic (exact) mass is 315 g/mol. The van der Waals surface area contributed by atoms with Crippen molar-refractivity contribution >= 4 is 17.7 Å². The molecule has 1 N–H and O–H groups in total. The summed E-state index contributed by atoms with van der Waals surface area (Å²) in [6.07, 6.45) is -0.147. The maximum atomic E-state index is 11.9. The molecule has 0 fully saturated rings. The van der Waals surface area contributed by atoms with Crippen LogP contribution in [0.1, 0.15) is 51.3 Å². The van der Waals surface area contributed by atoms with E-state index >= 15 is 0 Å². The quantitative estimate of drug-likeness (QED) is 0.909. The van der Waals surface area contributed by atoms with Crippen LogP contribution >= 0.6 is 0 Å². The Labute approximate surface area is 136 Å². The third-order valence-corrected chi connectivity index (χ3v) is 3.78. The summed E-state index contributed by atoms with van der Waals surface area (Å²) in [6, 6.07) is 6.89. The molecule has 0 saturated carbocycles. The van der Waals surface area contributed by atoms with Gasteiger partial charge in [0.15, 0.2) is 0 Å². The van der Waals surface area contributed by atoms with Crippen LogP contribution in [0.2, 0.25) is 0 Å². The van der Waals surface area contributed by atoms with Gasteiger partial charge in [-0.1, -0.05) is 0 Å². The molecule has 0 bridgehead atoms. The Morgan fingerprint density at radius 3 is 2.70 bits per heavy atom. The summed E-state index contributed by atoms with van der Waals surface area (Å²) < 4.78 is 5.14. The minimum atomic E-state index is -0.498. The molecule has 0 spiro atoms. The Balaban J connectivity index is 2.39. The Hall–Kier alpha value is -2.55. The smallest absolute Gasteiger partial charge is 0.407 e. The van der Waals surface area contributed by atoms with E-state index in [0.717, 1.165) is 11.3 Å². The Bertz CT molecular complexity index is 664. The van der Waals surface area contributed by atoms with Crippen molar-refractivity contribution in [3.05, 3.63) is 29.3 Å². The van der Waals surface area contributed by atoms with E-state index in [4.69, 9.17) is 10.00 Å². The first-order valence-corrected chi connectivity index (χ1v) is 7.64. The van der Waals surface area contributed by atoms with Crippen LogP contribution in [-0.4, -0.2) is 24.1 Å². The highest BCUT2D eigenvalue weighted by atomic mass is 16.6. The van der Waals surface area contributed by atoms with Crippen LogP contribution in [-0.2, 0) is 9.53 Å². The van der Waals surface area contributed by atoms with Gasteiger partial charge < -0.3 is 15.0 Å². The van der Waals surface area contributed by atoms with Crippen molar-refractivity contribution in [3.63, 3.8) is 0 Å². The number of hydrogen-bond acceptors (Lipinski definition) is 4. The molecule has 23 heavy (non-hydrogen) atoms. The summed E-state index contributed by atoms with van der Waals surface area (Å²) in [6.45, 7) is 7.01. The molecule has 122 valence electrons. The standard InChI is InChI=1S/C17H21N3O3/c1-10(2)23-17(22)19-15-7-11(3)20(12(4)21)16-6-5-13(9-18)8-14(15)16/h5-6,8,10-11,15H,7H2,1-4H3,(H,19,22)/t11-,15+/m0/s1. The molecule has 1 aromatic rings. The van der Waals surface area contributed by atoms with Gasteiger partial charge in [-0.2, -0.15) is 5.26 Å². The molecular weight excluding hydrogens is 294 g/mol. The summed E-state index contributed by atoms with van der Waals surface area (Å²) in [5, 5.41) is 11.9. The maximum absolute atomic E-state index is 11.9. The second-order valence-electron chi connectivity index (χ2n) is 6.01. The first kappa shape index (κ1) is 16.8. The number of benzene rings is 1. The van der Waals surface area contributed by atoms with Gasteiger partial charge in [0.05, 0.1) is 23.8 Å². The molecule has 2 rings (SSSR count). The van der Waals surface area contributed by atoms with E-state index in [2.05, 4.69) is 11.4 Å². The average molecular weight is 315 g/mol. The summed E-state index contributed by atoms with van der Waals surface area (Å²) in [5.41, 5.74) is 1.98. The molecule has 0 aromatic heterocycles. The minimum absolute atomic E-state index is 0.0581. The van der Waals surface area contributed by atoms with Crippen LogP contribution in [0.25, 0.3) is 0 Å². The molecule has 1 aliphatic rings. The molecule has 1 heterocycles. The van der Waals surface area contributed by atoms with Gasteiger partial charge in [-0.25, -0.2) is 4.79 Å². The SMILES string of the molecule is CC(=O)N1c2ccc(C#N)cc2[C@H](NC(=O)OC(C)C)C[C@@H]1C. The molecular formula is C17H21N3O3. The number of alkyl carbamates (subject to hydrolysis) is 1. The molecule has 2 atom stereocenters. The lowest BCUT2D eigenvalue weighted by Crippen LogP contribution is -2.45. The fourth-order valence-corrected chi connectivity index (χ4v) is 2.94. The lowest BCUT2D eigenvalue weighted by atomic mass is 9.90. The molecule has 0 saturated heterocycles. The highest BCUT2D eigenvalue weighted by molar-refractivity contribution is 5.94. The van der Waals surface area contributed by atoms with E-state index in [0.29, 0.717) is 12.0 Å². The van der Waals surface area contributed by atoms with E-state index in [9.17, 15) is 9.59 Å². The number of amides is 2. The van der Waals surface area contributed by atoms with E-state index in [-0.39, 0.29) is 24.1 Å². The van der Waals surface area contributed by atoms with Crippen molar-refractivity contribution in [3.8, 4) is 6.07 Å². The molecule has 1 aromatic carbocycles. The van der Waals surface area contributed by atoms with Gasteiger partial charge in [0.25, 0.3) is 0 Å². The molecule has 6 heteroatoms. The third-order valence-electron chi connectivity index (χ3n) is 3.78. The molecule has 0 unspecified atom stereocenters. The summed E-state index contributed by atoms with van der Waals surface area (Å²) in [4.78, 5) is 25.6. The predicted molar refractivity (Wildman–Crippen MR) is 85.9 cm³/mol. The van der Waals surface area contributed by atoms with Gasteiger partial charge in [-0.3, -0.25) is 4.79 Å². The van der Waals surface area contributed by atoms with Crippen LogP contribution in [0, 0.1) is 11.3 Å². The van der Waals surface area contributed by atoms with Crippen LogP contribution in [0.3, 0.4) is 0 Å². The van der Waals surface area contributed by atoms with Crippen molar-refractivity contribution in [1.82, 2.24) is 5.32 Å². The van der Waals surface area contributed by atoms with Crippen LogP contribution in [0.5, 0.6) is 0 Å². The van der Waals surface area contributed by atoms with E-state index < -0.39 is 6.09 Å². The normalized spacial score (nSPS) is 19.7. The van der Waals surface area contributed by atoms with Gasteiger partial charge in [-0.15, -0.1) is 0 Å². The predicted octanol–water partition coefficient (Wildman–Crippen LogP) is 2.88. The van der Waals surface area contributed by atoms with Gasteiger partial charge >= 0.3 is 6.09 Å². The molecule has 2 amide bonds. The average Bonchev–Trinajstić information content (AvgIpc) is 2.45. The van der Waals surface area contributed by atoms with Gasteiger partial charge in [-0.05, 0) is 51.0 Å². The van der Waals surface area contributed by atoms with Crippen LogP contribution in [0.15, 0.2) is 18.2 Å². The summed E-state index contributed by atoms with van der Waals surface area (Å²) >= 11 is 0. The van der Waals surface area contributed by atoms with Gasteiger partial charge in [0, 0.05) is 18.7 Å². The highest BCUT2D eigenvalue weighted by Crippen LogP contribution is 2.37. The molecule has 0 aliphatic carbocycles. The number of carbonyl (C=O) groups excluding carboxylic acids is 2. The van der Waals surface area contributed by atoms with E-state index in [1.807, 2.05) is 6.92 Å². The number of anilines is 1. The Kier molecular flexibility index (Phi) is 4.89. The van der Waals surface area contributed by atoms with Crippen LogP contribution < -0.4 is 10.2 Å². The van der Waals surface area contributed by atoms with Crippen LogP contribution in [0.4, 0.5) is 10.5 Å². The lowest BCUT2D eigenvalue weighted by Gasteiger charge is -2.39. The van der Waals surface area contributed by atoms with E-state index in [1.165, 1.54) is 6.92 Å². The van der Waals surface area contributed by atoms with Crippen molar-refractivity contribution in [2.75, 3.05) is 4.90 Å². The topological polar surface area (TPSA) is 82.4 Å². The number of fused-ring (bicyclic) bond motifs is 1. The molecule has 1 aliphatic heterocycles. The third kappa shape index (κ3) is 3.62. The second kappa shape index (κ2) is 6.69. The number of nitrogens with zero attached hydrogens (tertiary/aromatic N) is 2. The van der Waals surface area contributed by atoms with Crippen molar-refractivity contribution in [2.24, 2.45) is 0 Å². The van der Waals surface area contributed by atoms with Crippen molar-refractivity contribution in [1.29, 1.82) is 5.26 Å². The summed E-state index contributed by atoms with van der Waals surface area (Å²) in [7, 11) is 0. The van der Waals surface area contributed by atoms with Crippen molar-refractivity contribution in [2.45, 2.75) is 52.3 Å². The maximum Gasteiger partial charge on any atom is 0.407 e.